The van der Waals surface area contributed by atoms with Gasteiger partial charge in [-0.15, -0.1) is 0 Å². The molecule has 140 valence electrons. The van der Waals surface area contributed by atoms with Crippen LogP contribution in [-0.4, -0.2) is 23.7 Å². The summed E-state index contributed by atoms with van der Waals surface area (Å²) in [4.78, 5) is 16.8. The van der Waals surface area contributed by atoms with Gasteiger partial charge < -0.3 is 10.5 Å². The first-order valence-electron chi connectivity index (χ1n) is 8.02. The first-order chi connectivity index (χ1) is 12.3. The van der Waals surface area contributed by atoms with E-state index in [0.29, 0.717) is 56.0 Å². The molecular weight excluding hydrogens is 395 g/mol. The Kier molecular flexibility index (Phi) is 7.25. The summed E-state index contributed by atoms with van der Waals surface area (Å²) in [6.07, 6.45) is 2.07. The molecule has 1 aromatic heterocycles. The largest absolute Gasteiger partial charge is 0.490 e. The number of ether oxygens (including phenoxy) is 1. The van der Waals surface area contributed by atoms with Crippen molar-refractivity contribution in [1.82, 2.24) is 10.4 Å². The Labute approximate surface area is 166 Å². The summed E-state index contributed by atoms with van der Waals surface area (Å²) in [6, 6.07) is 3.34. The maximum atomic E-state index is 12.2. The van der Waals surface area contributed by atoms with Gasteiger partial charge in [-0.2, -0.15) is 5.10 Å². The van der Waals surface area contributed by atoms with Crippen molar-refractivity contribution >= 4 is 51.8 Å². The molecule has 0 spiro atoms. The predicted molar refractivity (Wildman–Crippen MR) is 108 cm³/mol. The maximum Gasteiger partial charge on any atom is 0.283 e. The lowest BCUT2D eigenvalue weighted by molar-refractivity contribution is 0.0958. The standard InChI is InChI=1S/C17H20Cl2N4O2S/c1-4-13-15(26-17(20)22-13)16(24)23-21-7-10-5-11(18)14(12(19)6-10)25-8-9(2)3/h5-7,9H,4,8H2,1-3H3,(H2,20,22)(H,23,24)/b21-7-. The highest BCUT2D eigenvalue weighted by atomic mass is 35.5. The van der Waals surface area contributed by atoms with Gasteiger partial charge in [0.15, 0.2) is 10.9 Å². The molecule has 3 N–H and O–H groups in total. The monoisotopic (exact) mass is 414 g/mol. The van der Waals surface area contributed by atoms with E-state index in [9.17, 15) is 4.79 Å². The zero-order valence-corrected chi connectivity index (χ0v) is 17.0. The van der Waals surface area contributed by atoms with Gasteiger partial charge in [0.05, 0.1) is 28.6 Å². The van der Waals surface area contributed by atoms with E-state index < -0.39 is 0 Å². The van der Waals surface area contributed by atoms with Gasteiger partial charge in [-0.3, -0.25) is 4.79 Å². The molecule has 0 unspecified atom stereocenters. The van der Waals surface area contributed by atoms with Gasteiger partial charge in [0.2, 0.25) is 0 Å². The number of hydrazone groups is 1. The van der Waals surface area contributed by atoms with Gasteiger partial charge in [0.25, 0.3) is 5.91 Å². The van der Waals surface area contributed by atoms with E-state index >= 15 is 0 Å². The Bertz CT molecular complexity index is 798. The summed E-state index contributed by atoms with van der Waals surface area (Å²) in [5.41, 5.74) is 9.39. The number of aryl methyl sites for hydroxylation is 1. The molecule has 0 fully saturated rings. The molecule has 1 heterocycles. The fourth-order valence-corrected chi connectivity index (χ4v) is 3.47. The van der Waals surface area contributed by atoms with Gasteiger partial charge in [0.1, 0.15) is 4.88 Å². The number of nitrogens with two attached hydrogens (primary N) is 1. The molecule has 1 amide bonds. The lowest BCUT2D eigenvalue weighted by Crippen LogP contribution is -2.17. The van der Waals surface area contributed by atoms with Crippen molar-refractivity contribution in [3.63, 3.8) is 0 Å². The van der Waals surface area contributed by atoms with Crippen LogP contribution in [0.5, 0.6) is 5.75 Å². The van der Waals surface area contributed by atoms with Crippen molar-refractivity contribution in [2.75, 3.05) is 12.3 Å². The molecule has 0 radical (unpaired) electrons. The van der Waals surface area contributed by atoms with Crippen molar-refractivity contribution in [2.24, 2.45) is 11.0 Å². The minimum atomic E-state index is -0.360. The molecular formula is C17H20Cl2N4O2S. The molecule has 0 saturated heterocycles. The van der Waals surface area contributed by atoms with Gasteiger partial charge in [0, 0.05) is 0 Å². The summed E-state index contributed by atoms with van der Waals surface area (Å²) in [7, 11) is 0. The number of nitrogens with one attached hydrogen (secondary N) is 1. The molecule has 6 nitrogen and oxygen atoms in total. The number of carbonyl (C=O) groups is 1. The van der Waals surface area contributed by atoms with E-state index in [1.54, 1.807) is 12.1 Å². The predicted octanol–water partition coefficient (Wildman–Crippen LogP) is 4.39. The van der Waals surface area contributed by atoms with Gasteiger partial charge in [-0.1, -0.05) is 55.3 Å². The second kappa shape index (κ2) is 9.21. The quantitative estimate of drug-likeness (QED) is 0.518. The van der Waals surface area contributed by atoms with Crippen molar-refractivity contribution in [2.45, 2.75) is 27.2 Å². The van der Waals surface area contributed by atoms with Crippen molar-refractivity contribution in [3.05, 3.63) is 38.3 Å². The highest BCUT2D eigenvalue weighted by Crippen LogP contribution is 2.34. The third kappa shape index (κ3) is 5.33. The number of nitrogen functional groups attached to an aromatic ring is 1. The summed E-state index contributed by atoms with van der Waals surface area (Å²) < 4.78 is 5.62. The van der Waals surface area contributed by atoms with Crippen LogP contribution < -0.4 is 15.9 Å². The van der Waals surface area contributed by atoms with Gasteiger partial charge in [-0.25, -0.2) is 10.4 Å². The van der Waals surface area contributed by atoms with Crippen LogP contribution in [0, 0.1) is 5.92 Å². The summed E-state index contributed by atoms with van der Waals surface area (Å²) >= 11 is 13.6. The number of carbonyl (C=O) groups excluding carboxylic acids is 1. The fraction of sp³-hybridized carbons (Fsp3) is 0.353. The van der Waals surface area contributed by atoms with E-state index in [4.69, 9.17) is 33.7 Å². The van der Waals surface area contributed by atoms with Crippen LogP contribution >= 0.6 is 34.5 Å². The fourth-order valence-electron chi connectivity index (χ4n) is 2.05. The number of hydrogen-bond donors (Lipinski definition) is 2. The number of nitrogens with zero attached hydrogens (tertiary/aromatic N) is 2. The lowest BCUT2D eigenvalue weighted by Gasteiger charge is -2.12. The highest BCUT2D eigenvalue weighted by molar-refractivity contribution is 7.17. The number of rotatable bonds is 7. The minimum Gasteiger partial charge on any atom is -0.490 e. The number of benzene rings is 1. The third-order valence-corrected chi connectivity index (χ3v) is 4.70. The molecule has 2 rings (SSSR count). The molecule has 9 heteroatoms. The Morgan fingerprint density at radius 1 is 1.42 bits per heavy atom. The van der Waals surface area contributed by atoms with Crippen LogP contribution in [0.15, 0.2) is 17.2 Å². The van der Waals surface area contributed by atoms with Crippen molar-refractivity contribution in [3.8, 4) is 5.75 Å². The molecule has 26 heavy (non-hydrogen) atoms. The Balaban J connectivity index is 2.07. The normalized spacial score (nSPS) is 11.3. The lowest BCUT2D eigenvalue weighted by atomic mass is 10.2. The summed E-state index contributed by atoms with van der Waals surface area (Å²) in [6.45, 7) is 6.49. The number of anilines is 1. The second-order valence-corrected chi connectivity index (χ2v) is 7.74. The van der Waals surface area contributed by atoms with E-state index in [1.165, 1.54) is 6.21 Å². The van der Waals surface area contributed by atoms with Gasteiger partial charge in [-0.05, 0) is 30.0 Å². The van der Waals surface area contributed by atoms with Crippen LogP contribution in [0.1, 0.15) is 41.7 Å². The number of hydrogen-bond acceptors (Lipinski definition) is 6. The molecule has 1 aromatic carbocycles. The summed E-state index contributed by atoms with van der Waals surface area (Å²) in [5.74, 6) is 0.435. The highest BCUT2D eigenvalue weighted by Gasteiger charge is 2.15. The number of thiazole rings is 1. The first-order valence-corrected chi connectivity index (χ1v) is 9.59. The molecule has 0 bridgehead atoms. The summed E-state index contributed by atoms with van der Waals surface area (Å²) in [5, 5.41) is 5.06. The van der Waals surface area contributed by atoms with Crippen LogP contribution in [-0.2, 0) is 6.42 Å². The first kappa shape index (κ1) is 20.5. The Morgan fingerprint density at radius 3 is 2.65 bits per heavy atom. The van der Waals surface area contributed by atoms with Gasteiger partial charge >= 0.3 is 0 Å². The second-order valence-electron chi connectivity index (χ2n) is 5.90. The topological polar surface area (TPSA) is 89.6 Å². The number of amides is 1. The average Bonchev–Trinajstić information content (AvgIpc) is 2.94. The third-order valence-electron chi connectivity index (χ3n) is 3.22. The molecule has 0 atom stereocenters. The zero-order valence-electron chi connectivity index (χ0n) is 14.7. The minimum absolute atomic E-state index is 0.353. The van der Waals surface area contributed by atoms with E-state index in [-0.39, 0.29) is 5.91 Å². The molecule has 0 aliphatic carbocycles. The molecule has 0 aliphatic heterocycles. The average molecular weight is 415 g/mol. The van der Waals surface area contributed by atoms with E-state index in [2.05, 4.69) is 15.5 Å². The SMILES string of the molecule is CCc1nc(N)sc1C(=O)N/N=C\c1cc(Cl)c(OCC(C)C)c(Cl)c1. The zero-order chi connectivity index (χ0) is 19.3. The van der Waals surface area contributed by atoms with Crippen LogP contribution in [0.25, 0.3) is 0 Å². The smallest absolute Gasteiger partial charge is 0.283 e. The number of aromatic nitrogens is 1. The molecule has 2 aromatic rings. The number of halogens is 2. The molecule has 0 aliphatic rings. The maximum absolute atomic E-state index is 12.2. The van der Waals surface area contributed by atoms with E-state index in [1.807, 2.05) is 20.8 Å². The van der Waals surface area contributed by atoms with Crippen LogP contribution in [0.2, 0.25) is 10.0 Å². The van der Waals surface area contributed by atoms with Crippen LogP contribution in [0.3, 0.4) is 0 Å². The Morgan fingerprint density at radius 2 is 2.08 bits per heavy atom. The van der Waals surface area contributed by atoms with Crippen LogP contribution in [0.4, 0.5) is 5.13 Å². The Hall–Kier alpha value is -1.83. The molecule has 0 saturated carbocycles. The van der Waals surface area contributed by atoms with Crippen molar-refractivity contribution in [1.29, 1.82) is 0 Å². The van der Waals surface area contributed by atoms with Crippen molar-refractivity contribution < 1.29 is 9.53 Å². The van der Waals surface area contributed by atoms with E-state index in [0.717, 1.165) is 11.3 Å².